The summed E-state index contributed by atoms with van der Waals surface area (Å²) in [6, 6.07) is 15.3. The lowest BCUT2D eigenvalue weighted by atomic mass is 10.1. The largest absolute Gasteiger partial charge is 0.390 e. The smallest absolute Gasteiger partial charge is 0.180 e. The van der Waals surface area contributed by atoms with Gasteiger partial charge in [-0.1, -0.05) is 112 Å². The SMILES string of the molecule is C=C/C=C\C.C=C/C=C\CC.CC.CN(C)C1=N/C(=C(/N)Sc2cccc(Cl)c2)N(N)c2ccccc21. The molecule has 37 heavy (non-hydrogen) atoms. The van der Waals surface area contributed by atoms with Crippen LogP contribution in [-0.4, -0.2) is 24.8 Å². The number of aliphatic imine (C=N–C) groups is 1. The first-order valence-electron chi connectivity index (χ1n) is 12.1. The highest BCUT2D eigenvalue weighted by atomic mass is 35.5. The lowest BCUT2D eigenvalue weighted by Crippen LogP contribution is -2.38. The summed E-state index contributed by atoms with van der Waals surface area (Å²) in [5, 5.41) is 2.69. The molecule has 0 atom stereocenters. The van der Waals surface area contributed by atoms with Crippen molar-refractivity contribution >= 4 is 34.9 Å². The van der Waals surface area contributed by atoms with E-state index in [1.165, 1.54) is 16.8 Å². The number of rotatable bonds is 5. The first-order chi connectivity index (χ1) is 17.8. The molecule has 1 aliphatic heterocycles. The van der Waals surface area contributed by atoms with Crippen LogP contribution in [0.2, 0.25) is 5.02 Å². The van der Waals surface area contributed by atoms with Crippen LogP contribution in [0.1, 0.15) is 39.7 Å². The molecule has 0 unspecified atom stereocenters. The van der Waals surface area contributed by atoms with Gasteiger partial charge in [-0.3, -0.25) is 5.01 Å². The van der Waals surface area contributed by atoms with E-state index < -0.39 is 0 Å². The molecule has 7 heteroatoms. The lowest BCUT2D eigenvalue weighted by molar-refractivity contribution is 0.618. The zero-order valence-electron chi connectivity index (χ0n) is 23.0. The molecule has 0 aromatic heterocycles. The van der Waals surface area contributed by atoms with Crippen LogP contribution >= 0.6 is 23.4 Å². The predicted molar refractivity (Wildman–Crippen MR) is 168 cm³/mol. The molecule has 0 fully saturated rings. The van der Waals surface area contributed by atoms with Gasteiger partial charge in [-0.15, -0.1) is 0 Å². The highest BCUT2D eigenvalue weighted by molar-refractivity contribution is 8.03. The van der Waals surface area contributed by atoms with Crippen LogP contribution < -0.4 is 16.6 Å². The van der Waals surface area contributed by atoms with Gasteiger partial charge in [0.1, 0.15) is 10.9 Å². The van der Waals surface area contributed by atoms with Crippen LogP contribution in [-0.2, 0) is 0 Å². The quantitative estimate of drug-likeness (QED) is 0.228. The van der Waals surface area contributed by atoms with Gasteiger partial charge in [-0.05, 0) is 43.7 Å². The van der Waals surface area contributed by atoms with E-state index in [0.717, 1.165) is 28.4 Å². The van der Waals surface area contributed by atoms with E-state index in [1.54, 1.807) is 12.2 Å². The number of nitrogens with two attached hydrogens (primary N) is 2. The average Bonchev–Trinajstić information content (AvgIpc) is 2.90. The van der Waals surface area contributed by atoms with Crippen LogP contribution in [0.25, 0.3) is 0 Å². The molecular formula is C30H42ClN5S. The third-order valence-corrected chi connectivity index (χ3v) is 5.48. The maximum atomic E-state index is 6.29. The summed E-state index contributed by atoms with van der Waals surface area (Å²) in [7, 11) is 3.89. The molecule has 1 heterocycles. The summed E-state index contributed by atoms with van der Waals surface area (Å²) in [6.45, 7) is 15.0. The van der Waals surface area contributed by atoms with Crippen molar-refractivity contribution in [3.8, 4) is 0 Å². The van der Waals surface area contributed by atoms with Crippen LogP contribution in [0.15, 0.2) is 119 Å². The van der Waals surface area contributed by atoms with Gasteiger partial charge in [0.05, 0.1) is 5.69 Å². The minimum atomic E-state index is 0.508. The van der Waals surface area contributed by atoms with E-state index in [9.17, 15) is 0 Å². The molecule has 3 rings (SSSR count). The van der Waals surface area contributed by atoms with Gasteiger partial charge in [-0.2, -0.15) is 0 Å². The third-order valence-electron chi connectivity index (χ3n) is 4.35. The Labute approximate surface area is 233 Å². The highest BCUT2D eigenvalue weighted by Gasteiger charge is 2.25. The Morgan fingerprint density at radius 1 is 1.08 bits per heavy atom. The van der Waals surface area contributed by atoms with Crippen molar-refractivity contribution in [2.75, 3.05) is 19.1 Å². The van der Waals surface area contributed by atoms with Crippen molar-refractivity contribution in [2.45, 2.75) is 39.0 Å². The number of benzene rings is 2. The number of nitrogens with zero attached hydrogens (tertiary/aromatic N) is 3. The number of fused-ring (bicyclic) bond motifs is 1. The molecule has 200 valence electrons. The fourth-order valence-electron chi connectivity index (χ4n) is 2.79. The van der Waals surface area contributed by atoms with Crippen molar-refractivity contribution in [3.05, 3.63) is 120 Å². The van der Waals surface area contributed by atoms with Gasteiger partial charge in [0.25, 0.3) is 0 Å². The van der Waals surface area contributed by atoms with E-state index in [1.807, 2.05) is 107 Å². The average molecular weight is 540 g/mol. The molecule has 0 saturated heterocycles. The number of hydrogen-bond acceptors (Lipinski definition) is 6. The molecule has 0 amide bonds. The van der Waals surface area contributed by atoms with Crippen LogP contribution in [0.5, 0.6) is 0 Å². The number of thioether (sulfide) groups is 1. The van der Waals surface area contributed by atoms with Gasteiger partial charge in [0.2, 0.25) is 0 Å². The summed E-state index contributed by atoms with van der Waals surface area (Å²) >= 11 is 7.42. The Hall–Kier alpha value is -3.19. The van der Waals surface area contributed by atoms with Crippen molar-refractivity contribution < 1.29 is 0 Å². The highest BCUT2D eigenvalue weighted by Crippen LogP contribution is 2.34. The van der Waals surface area contributed by atoms with Crippen molar-refractivity contribution in [3.63, 3.8) is 0 Å². The number of hydrogen-bond donors (Lipinski definition) is 2. The fraction of sp³-hybridized carbons (Fsp3) is 0.233. The van der Waals surface area contributed by atoms with Crippen LogP contribution in [0, 0.1) is 0 Å². The molecular weight excluding hydrogens is 498 g/mol. The Bertz CT molecular complexity index is 1090. The number of hydrazine groups is 1. The molecule has 4 N–H and O–H groups in total. The summed E-state index contributed by atoms with van der Waals surface area (Å²) < 4.78 is 0. The van der Waals surface area contributed by atoms with Crippen molar-refractivity contribution in [2.24, 2.45) is 16.6 Å². The van der Waals surface area contributed by atoms with E-state index in [4.69, 9.17) is 23.2 Å². The summed E-state index contributed by atoms with van der Waals surface area (Å²) in [6.07, 6.45) is 12.5. The molecule has 2 aromatic rings. The molecule has 0 bridgehead atoms. The Morgan fingerprint density at radius 3 is 2.22 bits per heavy atom. The summed E-state index contributed by atoms with van der Waals surface area (Å²) in [5.74, 6) is 7.60. The predicted octanol–water partition coefficient (Wildman–Crippen LogP) is 8.13. The number of allylic oxidation sites excluding steroid dienone is 6. The molecule has 0 spiro atoms. The molecule has 2 aromatic carbocycles. The third kappa shape index (κ3) is 12.1. The second-order valence-corrected chi connectivity index (χ2v) is 8.85. The van der Waals surface area contributed by atoms with Gasteiger partial charge >= 0.3 is 0 Å². The van der Waals surface area contributed by atoms with E-state index in [0.29, 0.717) is 15.9 Å². The molecule has 0 aliphatic carbocycles. The minimum absolute atomic E-state index is 0.508. The second kappa shape index (κ2) is 19.9. The first-order valence-corrected chi connectivity index (χ1v) is 13.3. The van der Waals surface area contributed by atoms with Gasteiger partial charge in [0, 0.05) is 29.6 Å². The zero-order valence-corrected chi connectivity index (χ0v) is 24.6. The zero-order chi connectivity index (χ0) is 28.2. The molecule has 5 nitrogen and oxygen atoms in total. The van der Waals surface area contributed by atoms with E-state index in [-0.39, 0.29) is 0 Å². The molecule has 0 saturated carbocycles. The second-order valence-electron chi connectivity index (χ2n) is 7.30. The fourth-order valence-corrected chi connectivity index (χ4v) is 3.86. The first kappa shape index (κ1) is 33.8. The normalized spacial score (nSPS) is 13.1. The maximum Gasteiger partial charge on any atom is 0.180 e. The van der Waals surface area contributed by atoms with E-state index >= 15 is 0 Å². The summed E-state index contributed by atoms with van der Waals surface area (Å²) in [4.78, 5) is 7.55. The lowest BCUT2D eigenvalue weighted by Gasteiger charge is -2.30. The van der Waals surface area contributed by atoms with Gasteiger partial charge < -0.3 is 10.6 Å². The number of anilines is 1. The number of amidine groups is 1. The Kier molecular flexibility index (Phi) is 18.2. The maximum absolute atomic E-state index is 6.29. The number of para-hydroxylation sites is 1. The molecule has 0 radical (unpaired) electrons. The van der Waals surface area contributed by atoms with Gasteiger partial charge in [0.15, 0.2) is 5.82 Å². The van der Waals surface area contributed by atoms with E-state index in [2.05, 4.69) is 31.2 Å². The Balaban J connectivity index is 0.000000833. The van der Waals surface area contributed by atoms with Crippen molar-refractivity contribution in [1.29, 1.82) is 0 Å². The van der Waals surface area contributed by atoms with Crippen LogP contribution in [0.3, 0.4) is 0 Å². The van der Waals surface area contributed by atoms with Crippen LogP contribution in [0.4, 0.5) is 5.69 Å². The standard InChI is InChI=1S/C17H18ClN5S.C6H10.C5H8.C2H6/c1-22(2)16-13-8-3-4-9-14(13)23(20)17(21-16)15(19)24-12-7-5-6-11(18)10-12;1-3-5-6-4-2;1-3-5-4-2;1-2/h3-10H,19-20H2,1-2H3;3,5-6H,1,4H2,2H3;3-5H,1H2,2H3;1-2H3/b17-15+;6-5-;5-4-;. The summed E-state index contributed by atoms with van der Waals surface area (Å²) in [5.41, 5.74) is 8.12. The van der Waals surface area contributed by atoms with Crippen molar-refractivity contribution in [1.82, 2.24) is 4.90 Å². The van der Waals surface area contributed by atoms with Gasteiger partial charge in [-0.25, -0.2) is 10.8 Å². The molecule has 1 aliphatic rings. The monoisotopic (exact) mass is 539 g/mol. The topological polar surface area (TPSA) is 70.9 Å². The number of halogens is 1. The Morgan fingerprint density at radius 2 is 1.73 bits per heavy atom. The minimum Gasteiger partial charge on any atom is -0.390 e.